The van der Waals surface area contributed by atoms with Gasteiger partial charge in [0.2, 0.25) is 0 Å². The minimum absolute atomic E-state index is 0.757. The van der Waals surface area contributed by atoms with Crippen molar-refractivity contribution in [3.63, 3.8) is 0 Å². The normalized spacial score (nSPS) is 10.5. The summed E-state index contributed by atoms with van der Waals surface area (Å²) in [6, 6.07) is 1.93. The second-order valence-electron chi connectivity index (χ2n) is 3.44. The van der Waals surface area contributed by atoms with Crippen molar-refractivity contribution in [2.45, 2.75) is 26.8 Å². The van der Waals surface area contributed by atoms with E-state index in [2.05, 4.69) is 4.57 Å². The molecule has 0 aliphatic heterocycles. The van der Waals surface area contributed by atoms with Crippen LogP contribution in [0.25, 0.3) is 0 Å². The number of aryl methyl sites for hydroxylation is 1. The fourth-order valence-electron chi connectivity index (χ4n) is 1.66. The fraction of sp³-hybridized carbons (Fsp3) is 0.545. The summed E-state index contributed by atoms with van der Waals surface area (Å²) in [5.74, 6) is 0. The summed E-state index contributed by atoms with van der Waals surface area (Å²) in [6.07, 6.45) is 1.89. The molecule has 0 amide bonds. The van der Waals surface area contributed by atoms with Gasteiger partial charge < -0.3 is 9.30 Å². The molecule has 3 heteroatoms. The van der Waals surface area contributed by atoms with Gasteiger partial charge in [-0.15, -0.1) is 0 Å². The van der Waals surface area contributed by atoms with Gasteiger partial charge in [0, 0.05) is 37.2 Å². The van der Waals surface area contributed by atoms with Crippen LogP contribution >= 0.6 is 0 Å². The number of nitrogens with zero attached hydrogens (tertiary/aromatic N) is 1. The maximum absolute atomic E-state index is 10.7. The number of rotatable bonds is 5. The molecular formula is C11H17NO2. The Hall–Kier alpha value is -1.09. The van der Waals surface area contributed by atoms with Gasteiger partial charge in [0.15, 0.2) is 6.29 Å². The predicted molar refractivity (Wildman–Crippen MR) is 55.8 cm³/mol. The Labute approximate surface area is 84.7 Å². The first-order valence-corrected chi connectivity index (χ1v) is 4.81. The lowest BCUT2D eigenvalue weighted by Crippen LogP contribution is -2.05. The summed E-state index contributed by atoms with van der Waals surface area (Å²) < 4.78 is 7.15. The Kier molecular flexibility index (Phi) is 3.89. The number of aldehydes is 1. The van der Waals surface area contributed by atoms with Crippen LogP contribution < -0.4 is 0 Å². The smallest absolute Gasteiger partial charge is 0.151 e. The molecule has 0 fully saturated rings. The summed E-state index contributed by atoms with van der Waals surface area (Å²) in [7, 11) is 1.70. The standard InChI is InChI=1S/C11H17NO2/c1-9-7-11(8-13)10(2)12(9)5-4-6-14-3/h7-8H,4-6H2,1-3H3. The van der Waals surface area contributed by atoms with Crippen molar-refractivity contribution in [1.82, 2.24) is 4.57 Å². The summed E-state index contributed by atoms with van der Waals surface area (Å²) in [4.78, 5) is 10.7. The third kappa shape index (κ3) is 2.23. The first kappa shape index (κ1) is 11.0. The minimum Gasteiger partial charge on any atom is -0.385 e. The molecule has 1 aromatic heterocycles. The van der Waals surface area contributed by atoms with Crippen molar-refractivity contribution < 1.29 is 9.53 Å². The van der Waals surface area contributed by atoms with Gasteiger partial charge in [-0.2, -0.15) is 0 Å². The molecule has 0 N–H and O–H groups in total. The number of carbonyl (C=O) groups excluding carboxylic acids is 1. The highest BCUT2D eigenvalue weighted by atomic mass is 16.5. The molecule has 1 aromatic rings. The monoisotopic (exact) mass is 195 g/mol. The van der Waals surface area contributed by atoms with Crippen molar-refractivity contribution in [2.75, 3.05) is 13.7 Å². The van der Waals surface area contributed by atoms with Gasteiger partial charge in [0.25, 0.3) is 0 Å². The van der Waals surface area contributed by atoms with Crippen LogP contribution in [-0.4, -0.2) is 24.6 Å². The molecule has 14 heavy (non-hydrogen) atoms. The SMILES string of the molecule is COCCCn1c(C)cc(C=O)c1C. The Morgan fingerprint density at radius 1 is 1.50 bits per heavy atom. The van der Waals surface area contributed by atoms with Gasteiger partial charge in [-0.3, -0.25) is 4.79 Å². The van der Waals surface area contributed by atoms with E-state index in [1.807, 2.05) is 19.9 Å². The van der Waals surface area contributed by atoms with Gasteiger partial charge in [0.05, 0.1) is 0 Å². The molecule has 0 saturated carbocycles. The van der Waals surface area contributed by atoms with Crippen LogP contribution in [0.3, 0.4) is 0 Å². The van der Waals surface area contributed by atoms with E-state index in [0.717, 1.165) is 42.8 Å². The molecule has 0 bridgehead atoms. The van der Waals surface area contributed by atoms with E-state index in [1.165, 1.54) is 0 Å². The molecule has 0 saturated heterocycles. The van der Waals surface area contributed by atoms with Crippen LogP contribution in [0.1, 0.15) is 28.2 Å². The second kappa shape index (κ2) is 4.96. The predicted octanol–water partition coefficient (Wildman–Crippen LogP) is 1.95. The van der Waals surface area contributed by atoms with Crippen molar-refractivity contribution >= 4 is 6.29 Å². The average molecular weight is 195 g/mol. The van der Waals surface area contributed by atoms with Gasteiger partial charge in [-0.05, 0) is 26.3 Å². The zero-order valence-electron chi connectivity index (χ0n) is 9.04. The highest BCUT2D eigenvalue weighted by molar-refractivity contribution is 5.77. The van der Waals surface area contributed by atoms with Gasteiger partial charge in [-0.25, -0.2) is 0 Å². The molecule has 78 valence electrons. The highest BCUT2D eigenvalue weighted by Gasteiger charge is 2.06. The molecule has 0 unspecified atom stereocenters. The molecule has 1 rings (SSSR count). The third-order valence-corrected chi connectivity index (χ3v) is 2.47. The Morgan fingerprint density at radius 3 is 2.71 bits per heavy atom. The highest BCUT2D eigenvalue weighted by Crippen LogP contribution is 2.13. The van der Waals surface area contributed by atoms with E-state index < -0.39 is 0 Å². The first-order valence-electron chi connectivity index (χ1n) is 4.81. The molecule has 0 aliphatic rings. The molecular weight excluding hydrogens is 178 g/mol. The van der Waals surface area contributed by atoms with Crippen molar-refractivity contribution in [1.29, 1.82) is 0 Å². The van der Waals surface area contributed by atoms with E-state index in [4.69, 9.17) is 4.74 Å². The quantitative estimate of drug-likeness (QED) is 0.531. The number of aromatic nitrogens is 1. The van der Waals surface area contributed by atoms with Crippen LogP contribution in [0.4, 0.5) is 0 Å². The lowest BCUT2D eigenvalue weighted by molar-refractivity contribution is 0.112. The van der Waals surface area contributed by atoms with E-state index in [0.29, 0.717) is 0 Å². The summed E-state index contributed by atoms with van der Waals surface area (Å²) in [6.45, 7) is 5.67. The third-order valence-electron chi connectivity index (χ3n) is 2.47. The van der Waals surface area contributed by atoms with E-state index in [9.17, 15) is 4.79 Å². The summed E-state index contributed by atoms with van der Waals surface area (Å²) >= 11 is 0. The van der Waals surface area contributed by atoms with E-state index in [-0.39, 0.29) is 0 Å². The molecule has 0 atom stereocenters. The Morgan fingerprint density at radius 2 is 2.21 bits per heavy atom. The molecule has 3 nitrogen and oxygen atoms in total. The number of methoxy groups -OCH3 is 1. The summed E-state index contributed by atoms with van der Waals surface area (Å²) in [5, 5.41) is 0. The largest absolute Gasteiger partial charge is 0.385 e. The average Bonchev–Trinajstić information content (AvgIpc) is 2.45. The maximum Gasteiger partial charge on any atom is 0.151 e. The summed E-state index contributed by atoms with van der Waals surface area (Å²) in [5.41, 5.74) is 2.98. The minimum atomic E-state index is 0.757. The van der Waals surface area contributed by atoms with Gasteiger partial charge in [0.1, 0.15) is 0 Å². The number of hydrogen-bond donors (Lipinski definition) is 0. The number of hydrogen-bond acceptors (Lipinski definition) is 2. The van der Waals surface area contributed by atoms with Crippen LogP contribution in [-0.2, 0) is 11.3 Å². The lowest BCUT2D eigenvalue weighted by atomic mass is 10.3. The van der Waals surface area contributed by atoms with Crippen molar-refractivity contribution in [3.8, 4) is 0 Å². The molecule has 0 aliphatic carbocycles. The van der Waals surface area contributed by atoms with Gasteiger partial charge >= 0.3 is 0 Å². The molecule has 0 spiro atoms. The van der Waals surface area contributed by atoms with Crippen LogP contribution in [0.15, 0.2) is 6.07 Å². The van der Waals surface area contributed by atoms with E-state index >= 15 is 0 Å². The number of ether oxygens (including phenoxy) is 1. The zero-order valence-corrected chi connectivity index (χ0v) is 9.04. The Bertz CT molecular complexity index is 315. The van der Waals surface area contributed by atoms with Crippen molar-refractivity contribution in [3.05, 3.63) is 23.0 Å². The van der Waals surface area contributed by atoms with Crippen molar-refractivity contribution in [2.24, 2.45) is 0 Å². The molecule has 0 radical (unpaired) electrons. The molecule has 1 heterocycles. The van der Waals surface area contributed by atoms with Crippen LogP contribution in [0, 0.1) is 13.8 Å². The first-order chi connectivity index (χ1) is 6.70. The lowest BCUT2D eigenvalue weighted by Gasteiger charge is -2.08. The van der Waals surface area contributed by atoms with Gasteiger partial charge in [-0.1, -0.05) is 0 Å². The van der Waals surface area contributed by atoms with Crippen LogP contribution in [0.5, 0.6) is 0 Å². The zero-order chi connectivity index (χ0) is 10.6. The fourth-order valence-corrected chi connectivity index (χ4v) is 1.66. The van der Waals surface area contributed by atoms with Crippen LogP contribution in [0.2, 0.25) is 0 Å². The Balaban J connectivity index is 2.75. The maximum atomic E-state index is 10.7. The molecule has 0 aromatic carbocycles. The topological polar surface area (TPSA) is 31.2 Å². The number of carbonyl (C=O) groups is 1. The van der Waals surface area contributed by atoms with E-state index in [1.54, 1.807) is 7.11 Å². The second-order valence-corrected chi connectivity index (χ2v) is 3.44.